The van der Waals surface area contributed by atoms with E-state index >= 15 is 0 Å². The molecule has 0 saturated carbocycles. The maximum absolute atomic E-state index is 13.1. The van der Waals surface area contributed by atoms with E-state index < -0.39 is 0 Å². The molecule has 1 aromatic carbocycles. The predicted molar refractivity (Wildman–Crippen MR) is 130 cm³/mol. The van der Waals surface area contributed by atoms with Gasteiger partial charge in [-0.15, -0.1) is 0 Å². The molecule has 0 spiro atoms. The molecule has 1 aliphatic heterocycles. The van der Waals surface area contributed by atoms with E-state index in [1.807, 2.05) is 71.2 Å². The standard InChI is InChI=1S/C26H34N6O2/c1-21-9-17-31(28-21)18-12-25(33)30-15-10-23(11-16-30)24(19-22-7-4-3-5-8-22)29(2)26(34)20-32-14-6-13-27-32/h3-9,13-14,17,23-24H,10-12,15-16,18-20H2,1-2H3/t24-/m1/s1. The van der Waals surface area contributed by atoms with Gasteiger partial charge in [0.25, 0.3) is 0 Å². The number of carbonyl (C=O) groups is 2. The van der Waals surface area contributed by atoms with E-state index in [0.717, 1.165) is 38.0 Å². The van der Waals surface area contributed by atoms with E-state index in [1.54, 1.807) is 10.9 Å². The van der Waals surface area contributed by atoms with Crippen LogP contribution in [0.25, 0.3) is 0 Å². The molecule has 34 heavy (non-hydrogen) atoms. The third-order valence-corrected chi connectivity index (χ3v) is 6.80. The first-order valence-corrected chi connectivity index (χ1v) is 12.0. The lowest BCUT2D eigenvalue weighted by Gasteiger charge is -2.40. The summed E-state index contributed by atoms with van der Waals surface area (Å²) in [5.74, 6) is 0.566. The summed E-state index contributed by atoms with van der Waals surface area (Å²) < 4.78 is 3.50. The van der Waals surface area contributed by atoms with Gasteiger partial charge < -0.3 is 9.80 Å². The van der Waals surface area contributed by atoms with E-state index in [9.17, 15) is 9.59 Å². The normalized spacial score (nSPS) is 15.3. The molecule has 1 saturated heterocycles. The second-order valence-corrected chi connectivity index (χ2v) is 9.15. The van der Waals surface area contributed by atoms with Crippen LogP contribution < -0.4 is 0 Å². The Labute approximate surface area is 201 Å². The van der Waals surface area contributed by atoms with Gasteiger partial charge in [-0.1, -0.05) is 30.3 Å². The number of likely N-dealkylation sites (N-methyl/N-ethyl adjacent to an activating group) is 1. The van der Waals surface area contributed by atoms with Crippen LogP contribution in [0.4, 0.5) is 0 Å². The topological polar surface area (TPSA) is 76.3 Å². The Morgan fingerprint density at radius 1 is 1.06 bits per heavy atom. The van der Waals surface area contributed by atoms with Gasteiger partial charge in [0.15, 0.2) is 0 Å². The van der Waals surface area contributed by atoms with Gasteiger partial charge in [-0.3, -0.25) is 19.0 Å². The maximum atomic E-state index is 13.1. The van der Waals surface area contributed by atoms with Crippen molar-refractivity contribution in [3.63, 3.8) is 0 Å². The number of aromatic nitrogens is 4. The lowest BCUT2D eigenvalue weighted by molar-refractivity contribution is -0.137. The third-order valence-electron chi connectivity index (χ3n) is 6.80. The number of benzene rings is 1. The second-order valence-electron chi connectivity index (χ2n) is 9.15. The van der Waals surface area contributed by atoms with Crippen LogP contribution in [0.1, 0.15) is 30.5 Å². The van der Waals surface area contributed by atoms with Crippen LogP contribution in [-0.2, 0) is 29.1 Å². The number of amides is 2. The number of carbonyl (C=O) groups excluding carboxylic acids is 2. The van der Waals surface area contributed by atoms with Crippen molar-refractivity contribution in [2.75, 3.05) is 20.1 Å². The molecule has 3 aromatic rings. The van der Waals surface area contributed by atoms with Crippen molar-refractivity contribution in [2.45, 2.75) is 51.7 Å². The van der Waals surface area contributed by atoms with Crippen molar-refractivity contribution in [3.8, 4) is 0 Å². The Kier molecular flexibility index (Phi) is 7.77. The van der Waals surface area contributed by atoms with Crippen LogP contribution in [0.5, 0.6) is 0 Å². The Hall–Kier alpha value is -3.42. The van der Waals surface area contributed by atoms with E-state index in [-0.39, 0.29) is 24.4 Å². The van der Waals surface area contributed by atoms with Gasteiger partial charge in [-0.05, 0) is 49.8 Å². The lowest BCUT2D eigenvalue weighted by atomic mass is 9.85. The molecule has 2 aromatic heterocycles. The van der Waals surface area contributed by atoms with Gasteiger partial charge in [-0.25, -0.2) is 0 Å². The molecule has 0 N–H and O–H groups in total. The molecule has 1 fully saturated rings. The highest BCUT2D eigenvalue weighted by Gasteiger charge is 2.32. The minimum absolute atomic E-state index is 0.0534. The van der Waals surface area contributed by atoms with Crippen LogP contribution >= 0.6 is 0 Å². The monoisotopic (exact) mass is 462 g/mol. The number of likely N-dealkylation sites (tertiary alicyclic amines) is 1. The van der Waals surface area contributed by atoms with E-state index in [4.69, 9.17) is 0 Å². The highest BCUT2D eigenvalue weighted by Crippen LogP contribution is 2.27. The number of hydrogen-bond donors (Lipinski definition) is 0. The molecule has 1 atom stereocenters. The molecule has 2 amide bonds. The molecule has 0 bridgehead atoms. The third kappa shape index (κ3) is 6.12. The van der Waals surface area contributed by atoms with Crippen LogP contribution in [-0.4, -0.2) is 67.4 Å². The number of hydrogen-bond acceptors (Lipinski definition) is 4. The van der Waals surface area contributed by atoms with Crippen molar-refractivity contribution in [2.24, 2.45) is 5.92 Å². The van der Waals surface area contributed by atoms with Gasteiger partial charge in [-0.2, -0.15) is 10.2 Å². The van der Waals surface area contributed by atoms with Gasteiger partial charge in [0.1, 0.15) is 6.54 Å². The number of rotatable bonds is 9. The summed E-state index contributed by atoms with van der Waals surface area (Å²) >= 11 is 0. The average molecular weight is 463 g/mol. The molecular weight excluding hydrogens is 428 g/mol. The molecule has 0 aliphatic carbocycles. The fourth-order valence-corrected chi connectivity index (χ4v) is 4.79. The van der Waals surface area contributed by atoms with Crippen LogP contribution in [0, 0.1) is 12.8 Å². The van der Waals surface area contributed by atoms with E-state index in [2.05, 4.69) is 22.3 Å². The minimum Gasteiger partial charge on any atom is -0.343 e. The average Bonchev–Trinajstić information content (AvgIpc) is 3.53. The Morgan fingerprint density at radius 2 is 1.82 bits per heavy atom. The van der Waals surface area contributed by atoms with Gasteiger partial charge in [0.2, 0.25) is 11.8 Å². The van der Waals surface area contributed by atoms with Crippen LogP contribution in [0.3, 0.4) is 0 Å². The summed E-state index contributed by atoms with van der Waals surface area (Å²) in [6.45, 7) is 4.25. The quantitative estimate of drug-likeness (QED) is 0.490. The smallest absolute Gasteiger partial charge is 0.244 e. The van der Waals surface area contributed by atoms with Gasteiger partial charge in [0, 0.05) is 57.7 Å². The molecule has 0 unspecified atom stereocenters. The molecule has 3 heterocycles. The molecule has 4 rings (SSSR count). The zero-order valence-corrected chi connectivity index (χ0v) is 20.1. The largest absolute Gasteiger partial charge is 0.343 e. The summed E-state index contributed by atoms with van der Waals surface area (Å²) in [6, 6.07) is 14.2. The summed E-state index contributed by atoms with van der Waals surface area (Å²) in [6.07, 6.45) is 8.47. The predicted octanol–water partition coefficient (Wildman–Crippen LogP) is 2.79. The number of nitrogens with zero attached hydrogens (tertiary/aromatic N) is 6. The Balaban J connectivity index is 1.37. The van der Waals surface area contributed by atoms with Crippen molar-refractivity contribution in [3.05, 3.63) is 72.3 Å². The highest BCUT2D eigenvalue weighted by molar-refractivity contribution is 5.76. The van der Waals surface area contributed by atoms with Gasteiger partial charge >= 0.3 is 0 Å². The van der Waals surface area contributed by atoms with Crippen LogP contribution in [0.2, 0.25) is 0 Å². The molecule has 0 radical (unpaired) electrons. The summed E-state index contributed by atoms with van der Waals surface area (Å²) in [4.78, 5) is 29.7. The highest BCUT2D eigenvalue weighted by atomic mass is 16.2. The van der Waals surface area contributed by atoms with E-state index in [1.165, 1.54) is 5.56 Å². The molecule has 8 heteroatoms. The first-order chi connectivity index (χ1) is 16.5. The van der Waals surface area contributed by atoms with Crippen molar-refractivity contribution in [1.82, 2.24) is 29.4 Å². The Bertz CT molecular complexity index is 1050. The summed E-state index contributed by atoms with van der Waals surface area (Å²) in [5.41, 5.74) is 2.18. The van der Waals surface area contributed by atoms with Crippen molar-refractivity contribution >= 4 is 11.8 Å². The summed E-state index contributed by atoms with van der Waals surface area (Å²) in [7, 11) is 1.91. The molecule has 180 valence electrons. The fraction of sp³-hybridized carbons (Fsp3) is 0.462. The molecule has 1 aliphatic rings. The first kappa shape index (κ1) is 23.7. The Morgan fingerprint density at radius 3 is 2.47 bits per heavy atom. The minimum atomic E-state index is 0.0534. The summed E-state index contributed by atoms with van der Waals surface area (Å²) in [5, 5.41) is 8.55. The second kappa shape index (κ2) is 11.1. The lowest BCUT2D eigenvalue weighted by Crippen LogP contribution is -2.49. The zero-order chi connectivity index (χ0) is 23.9. The maximum Gasteiger partial charge on any atom is 0.244 e. The zero-order valence-electron chi connectivity index (χ0n) is 20.1. The number of aryl methyl sites for hydroxylation is 2. The first-order valence-electron chi connectivity index (χ1n) is 12.0. The molecular formula is C26H34N6O2. The SMILES string of the molecule is Cc1ccn(CCC(=O)N2CCC([C@@H](Cc3ccccc3)N(C)C(=O)Cn3cccn3)CC2)n1. The number of piperidine rings is 1. The van der Waals surface area contributed by atoms with Crippen molar-refractivity contribution < 1.29 is 9.59 Å². The van der Waals surface area contributed by atoms with E-state index in [0.29, 0.717) is 18.9 Å². The van der Waals surface area contributed by atoms with Crippen molar-refractivity contribution in [1.29, 1.82) is 0 Å². The van der Waals surface area contributed by atoms with Crippen LogP contribution in [0.15, 0.2) is 61.1 Å². The molecule has 8 nitrogen and oxygen atoms in total. The fourth-order valence-electron chi connectivity index (χ4n) is 4.79. The van der Waals surface area contributed by atoms with Gasteiger partial charge in [0.05, 0.1) is 5.69 Å².